The highest BCUT2D eigenvalue weighted by Crippen LogP contribution is 2.43. The van der Waals surface area contributed by atoms with E-state index in [1.54, 1.807) is 0 Å². The molecule has 178 valence electrons. The maximum Gasteiger partial charge on any atom is 0.0992 e. The third kappa shape index (κ3) is 2.74. The molecule has 0 saturated carbocycles. The second kappa shape index (κ2) is 7.34. The minimum absolute atomic E-state index is 0.679. The van der Waals surface area contributed by atoms with Crippen LogP contribution in [0.1, 0.15) is 5.56 Å². The first-order valence-corrected chi connectivity index (χ1v) is 13.2. The summed E-state index contributed by atoms with van der Waals surface area (Å²) in [4.78, 5) is 0. The lowest BCUT2D eigenvalue weighted by Gasteiger charge is -2.14. The fourth-order valence-electron chi connectivity index (χ4n) is 6.77. The van der Waals surface area contributed by atoms with E-state index in [4.69, 9.17) is 0 Å². The number of para-hydroxylation sites is 1. The molecule has 0 aliphatic heterocycles. The zero-order chi connectivity index (χ0) is 25.7. The van der Waals surface area contributed by atoms with Crippen molar-refractivity contribution in [2.75, 3.05) is 0 Å². The lowest BCUT2D eigenvalue weighted by Crippen LogP contribution is -1.94. The summed E-state index contributed by atoms with van der Waals surface area (Å²) >= 11 is 0. The van der Waals surface area contributed by atoms with Crippen molar-refractivity contribution in [1.29, 1.82) is 5.26 Å². The van der Waals surface area contributed by atoms with Crippen LogP contribution in [0.25, 0.3) is 81.7 Å². The summed E-state index contributed by atoms with van der Waals surface area (Å²) in [5.74, 6) is 0. The monoisotopic (exact) mass is 492 g/mol. The van der Waals surface area contributed by atoms with Gasteiger partial charge >= 0.3 is 0 Å². The van der Waals surface area contributed by atoms with E-state index in [0.717, 1.165) is 22.1 Å². The molecule has 8 aromatic carbocycles. The van der Waals surface area contributed by atoms with Crippen LogP contribution in [0.5, 0.6) is 0 Å². The molecule has 2 heteroatoms. The van der Waals surface area contributed by atoms with Gasteiger partial charge in [0.15, 0.2) is 0 Å². The Morgan fingerprint density at radius 2 is 0.949 bits per heavy atom. The summed E-state index contributed by atoms with van der Waals surface area (Å²) in [5, 5.41) is 22.3. The van der Waals surface area contributed by atoms with Gasteiger partial charge in [0.05, 0.1) is 22.7 Å². The van der Waals surface area contributed by atoms with Crippen molar-refractivity contribution in [1.82, 2.24) is 4.57 Å². The van der Waals surface area contributed by atoms with Crippen molar-refractivity contribution in [3.8, 4) is 22.9 Å². The van der Waals surface area contributed by atoms with Crippen LogP contribution in [0, 0.1) is 11.3 Å². The SMILES string of the molecule is N#Cc1cc2ccc3cc(-c4cc5ccc6cccc7ccc(c4)c5c67)cc4c3c2c(c1)n4-c1ccccc1. The molecular formula is C37H20N2. The summed E-state index contributed by atoms with van der Waals surface area (Å²) in [5.41, 5.74) is 6.41. The Kier molecular flexibility index (Phi) is 3.89. The lowest BCUT2D eigenvalue weighted by atomic mass is 9.90. The van der Waals surface area contributed by atoms with E-state index >= 15 is 0 Å². The zero-order valence-electron chi connectivity index (χ0n) is 20.9. The molecule has 0 aliphatic carbocycles. The molecule has 0 radical (unpaired) electrons. The van der Waals surface area contributed by atoms with Gasteiger partial charge in [-0.25, -0.2) is 0 Å². The summed E-state index contributed by atoms with van der Waals surface area (Å²) in [7, 11) is 0. The molecule has 1 aromatic heterocycles. The molecule has 9 aromatic rings. The normalized spacial score (nSPS) is 12.1. The zero-order valence-corrected chi connectivity index (χ0v) is 20.9. The Hall–Kier alpha value is -5.39. The Bertz CT molecular complexity index is 2370. The summed E-state index contributed by atoms with van der Waals surface area (Å²) in [6, 6.07) is 46.1. The number of rotatable bonds is 2. The largest absolute Gasteiger partial charge is 0.309 e. The Morgan fingerprint density at radius 3 is 1.59 bits per heavy atom. The maximum absolute atomic E-state index is 9.78. The maximum atomic E-state index is 9.78. The van der Waals surface area contributed by atoms with Gasteiger partial charge in [-0.05, 0) is 103 Å². The van der Waals surface area contributed by atoms with E-state index in [-0.39, 0.29) is 0 Å². The number of aromatic nitrogens is 1. The van der Waals surface area contributed by atoms with Crippen LogP contribution >= 0.6 is 0 Å². The van der Waals surface area contributed by atoms with Crippen molar-refractivity contribution in [3.63, 3.8) is 0 Å². The molecule has 39 heavy (non-hydrogen) atoms. The van der Waals surface area contributed by atoms with Crippen LogP contribution in [-0.4, -0.2) is 4.57 Å². The van der Waals surface area contributed by atoms with E-state index in [1.165, 1.54) is 59.6 Å². The molecule has 0 unspecified atom stereocenters. The first-order valence-electron chi connectivity index (χ1n) is 13.2. The predicted molar refractivity (Wildman–Crippen MR) is 163 cm³/mol. The highest BCUT2D eigenvalue weighted by atomic mass is 15.0. The van der Waals surface area contributed by atoms with Crippen LogP contribution < -0.4 is 0 Å². The fourth-order valence-corrected chi connectivity index (χ4v) is 6.77. The number of hydrogen-bond donors (Lipinski definition) is 0. The van der Waals surface area contributed by atoms with Gasteiger partial charge in [-0.3, -0.25) is 0 Å². The Balaban J connectivity index is 1.40. The highest BCUT2D eigenvalue weighted by molar-refractivity contribution is 6.26. The first kappa shape index (κ1) is 20.6. The van der Waals surface area contributed by atoms with Gasteiger partial charge in [0.2, 0.25) is 0 Å². The first-order chi connectivity index (χ1) is 19.3. The van der Waals surface area contributed by atoms with Gasteiger partial charge in [0, 0.05) is 16.5 Å². The number of nitriles is 1. The standard InChI is InChI=1S/C37H20N2/c38-21-22-15-25-13-14-28-19-30(20-33-37(28)36(25)32(16-22)39(33)31-7-2-1-3-8-31)29-17-26-11-9-23-5-4-6-24-10-12-27(18-29)35(26)34(23)24/h1-20H. The van der Waals surface area contributed by atoms with Crippen LogP contribution in [0.4, 0.5) is 0 Å². The average molecular weight is 493 g/mol. The predicted octanol–water partition coefficient (Wildman–Crippen LogP) is 9.81. The molecule has 2 nitrogen and oxygen atoms in total. The van der Waals surface area contributed by atoms with Gasteiger partial charge in [-0.1, -0.05) is 72.8 Å². The fraction of sp³-hybridized carbons (Fsp3) is 0. The summed E-state index contributed by atoms with van der Waals surface area (Å²) in [6.07, 6.45) is 0. The minimum Gasteiger partial charge on any atom is -0.309 e. The molecule has 0 atom stereocenters. The number of nitrogens with zero attached hydrogens (tertiary/aromatic N) is 2. The molecule has 0 bridgehead atoms. The van der Waals surface area contributed by atoms with Crippen molar-refractivity contribution in [2.24, 2.45) is 0 Å². The third-order valence-electron chi connectivity index (χ3n) is 8.41. The summed E-state index contributed by atoms with van der Waals surface area (Å²) < 4.78 is 2.32. The second-order valence-electron chi connectivity index (χ2n) is 10.5. The quantitative estimate of drug-likeness (QED) is 0.221. The molecule has 9 rings (SSSR count). The van der Waals surface area contributed by atoms with Crippen LogP contribution in [0.3, 0.4) is 0 Å². The van der Waals surface area contributed by atoms with Gasteiger partial charge in [0.25, 0.3) is 0 Å². The van der Waals surface area contributed by atoms with Crippen molar-refractivity contribution in [3.05, 3.63) is 127 Å². The highest BCUT2D eigenvalue weighted by Gasteiger charge is 2.19. The molecule has 0 amide bonds. The molecular weight excluding hydrogens is 472 g/mol. The van der Waals surface area contributed by atoms with Gasteiger partial charge < -0.3 is 4.57 Å². The number of benzene rings is 8. The topological polar surface area (TPSA) is 28.7 Å². The van der Waals surface area contributed by atoms with E-state index in [1.807, 2.05) is 18.2 Å². The Morgan fingerprint density at radius 1 is 0.436 bits per heavy atom. The Labute approximate surface area is 224 Å². The van der Waals surface area contributed by atoms with Gasteiger partial charge in [-0.2, -0.15) is 5.26 Å². The summed E-state index contributed by atoms with van der Waals surface area (Å²) in [6.45, 7) is 0. The van der Waals surface area contributed by atoms with Gasteiger partial charge in [-0.15, -0.1) is 0 Å². The van der Waals surface area contributed by atoms with Crippen LogP contribution in [0.15, 0.2) is 121 Å². The lowest BCUT2D eigenvalue weighted by molar-refractivity contribution is 1.18. The molecule has 1 heterocycles. The molecule has 0 saturated heterocycles. The van der Waals surface area contributed by atoms with Crippen LogP contribution in [0.2, 0.25) is 0 Å². The third-order valence-corrected chi connectivity index (χ3v) is 8.41. The number of hydrogen-bond acceptors (Lipinski definition) is 1. The molecule has 0 aliphatic rings. The van der Waals surface area contributed by atoms with E-state index in [0.29, 0.717) is 5.56 Å². The van der Waals surface area contributed by atoms with E-state index in [9.17, 15) is 5.26 Å². The van der Waals surface area contributed by atoms with Crippen molar-refractivity contribution >= 4 is 64.9 Å². The smallest absolute Gasteiger partial charge is 0.0992 e. The average Bonchev–Trinajstić information content (AvgIpc) is 3.33. The van der Waals surface area contributed by atoms with E-state index in [2.05, 4.69) is 114 Å². The minimum atomic E-state index is 0.679. The van der Waals surface area contributed by atoms with Crippen LogP contribution in [-0.2, 0) is 0 Å². The van der Waals surface area contributed by atoms with Crippen molar-refractivity contribution < 1.29 is 0 Å². The van der Waals surface area contributed by atoms with Crippen molar-refractivity contribution in [2.45, 2.75) is 0 Å². The second-order valence-corrected chi connectivity index (χ2v) is 10.5. The molecule has 0 spiro atoms. The van der Waals surface area contributed by atoms with E-state index < -0.39 is 0 Å². The molecule has 0 N–H and O–H groups in total. The van der Waals surface area contributed by atoms with Gasteiger partial charge in [0.1, 0.15) is 0 Å². The molecule has 0 fully saturated rings.